The van der Waals surface area contributed by atoms with Crippen LogP contribution in [0.4, 0.5) is 11.4 Å². The number of aromatic amines is 1. The quantitative estimate of drug-likeness (QED) is 0.695. The van der Waals surface area contributed by atoms with Gasteiger partial charge < -0.3 is 15.4 Å². The number of nitrogens with one attached hydrogen (secondary N) is 2. The van der Waals surface area contributed by atoms with Crippen molar-refractivity contribution in [3.8, 4) is 0 Å². The number of hydrogen-bond donors (Lipinski definition) is 3. The van der Waals surface area contributed by atoms with Crippen LogP contribution in [0.2, 0.25) is 0 Å². The minimum atomic E-state index is -0.0816. The molecule has 106 valence electrons. The number of benzene rings is 1. The Labute approximate surface area is 128 Å². The number of fused-ring (bicyclic) bond motifs is 1. The Hall–Kier alpha value is -1.82. The summed E-state index contributed by atoms with van der Waals surface area (Å²) in [6.07, 6.45) is 3.47. The van der Waals surface area contributed by atoms with Crippen LogP contribution >= 0.6 is 24.8 Å². The van der Waals surface area contributed by atoms with Gasteiger partial charge in [0.2, 0.25) is 0 Å². The van der Waals surface area contributed by atoms with Crippen molar-refractivity contribution in [2.45, 2.75) is 6.61 Å². The first kappa shape index (κ1) is 16.2. The zero-order chi connectivity index (χ0) is 12.4. The Bertz CT molecular complexity index is 672. The van der Waals surface area contributed by atoms with Gasteiger partial charge in [0.25, 0.3) is 0 Å². The molecule has 0 spiro atoms. The molecule has 0 radical (unpaired) electrons. The maximum atomic E-state index is 9.03. The summed E-state index contributed by atoms with van der Waals surface area (Å²) in [6.45, 7) is -0.0816. The molecule has 7 heteroatoms. The maximum absolute atomic E-state index is 9.03. The molecule has 0 fully saturated rings. The first-order valence-corrected chi connectivity index (χ1v) is 5.62. The van der Waals surface area contributed by atoms with Gasteiger partial charge in [0, 0.05) is 23.8 Å². The van der Waals surface area contributed by atoms with E-state index in [2.05, 4.69) is 20.3 Å². The monoisotopic (exact) mass is 312 g/mol. The molecule has 0 saturated heterocycles. The van der Waals surface area contributed by atoms with Crippen LogP contribution in [0.25, 0.3) is 11.0 Å². The molecular weight excluding hydrogens is 299 g/mol. The molecule has 3 N–H and O–H groups in total. The fourth-order valence-electron chi connectivity index (χ4n) is 1.81. The molecule has 1 aromatic carbocycles. The third kappa shape index (κ3) is 3.39. The lowest BCUT2D eigenvalue weighted by Gasteiger charge is -2.05. The number of aliphatic hydroxyl groups excluding tert-OH is 1. The summed E-state index contributed by atoms with van der Waals surface area (Å²) >= 11 is 0. The Morgan fingerprint density at radius 3 is 2.50 bits per heavy atom. The zero-order valence-corrected chi connectivity index (χ0v) is 12.0. The molecule has 2 aromatic heterocycles. The lowest BCUT2D eigenvalue weighted by Crippen LogP contribution is -1.89. The Morgan fingerprint density at radius 2 is 1.80 bits per heavy atom. The fraction of sp³-hybridized carbons (Fsp3) is 0.0769. The van der Waals surface area contributed by atoms with Crippen LogP contribution in [0.15, 0.2) is 42.7 Å². The molecule has 0 aliphatic carbocycles. The number of aromatic nitrogens is 3. The van der Waals surface area contributed by atoms with Crippen molar-refractivity contribution in [1.29, 1.82) is 0 Å². The van der Waals surface area contributed by atoms with Gasteiger partial charge in [-0.15, -0.1) is 24.8 Å². The third-order valence-electron chi connectivity index (χ3n) is 2.65. The smallest absolute Gasteiger partial charge is 0.133 e. The number of anilines is 2. The Morgan fingerprint density at radius 1 is 1.05 bits per heavy atom. The number of aliphatic hydroxyl groups is 1. The Balaban J connectivity index is 0.000001000. The van der Waals surface area contributed by atoms with Crippen LogP contribution in [0, 0.1) is 0 Å². The molecule has 3 rings (SSSR count). The second-order valence-corrected chi connectivity index (χ2v) is 3.93. The standard InChI is InChI=1S/C13H12N4O.2ClH/c18-8-13-16-11-2-1-10(7-12(11)17-13)15-9-3-5-14-6-4-9;;/h1-7,18H,8H2,(H,14,15)(H,16,17);2*1H. The summed E-state index contributed by atoms with van der Waals surface area (Å²) in [4.78, 5) is 11.3. The van der Waals surface area contributed by atoms with Gasteiger partial charge >= 0.3 is 0 Å². The molecule has 20 heavy (non-hydrogen) atoms. The second kappa shape index (κ2) is 7.09. The predicted octanol–water partition coefficient (Wildman–Crippen LogP) is 3.04. The van der Waals surface area contributed by atoms with E-state index in [0.717, 1.165) is 22.4 Å². The normalized spacial score (nSPS) is 9.65. The van der Waals surface area contributed by atoms with Crippen LogP contribution in [-0.2, 0) is 6.61 Å². The number of nitrogens with zero attached hydrogens (tertiary/aromatic N) is 2. The van der Waals surface area contributed by atoms with Crippen molar-refractivity contribution in [1.82, 2.24) is 15.0 Å². The third-order valence-corrected chi connectivity index (χ3v) is 2.65. The number of imidazole rings is 1. The summed E-state index contributed by atoms with van der Waals surface area (Å²) in [6, 6.07) is 9.63. The molecule has 0 aliphatic heterocycles. The largest absolute Gasteiger partial charge is 0.388 e. The van der Waals surface area contributed by atoms with Crippen molar-refractivity contribution in [3.63, 3.8) is 0 Å². The summed E-state index contributed by atoms with van der Waals surface area (Å²) in [5, 5.41) is 12.3. The summed E-state index contributed by atoms with van der Waals surface area (Å²) < 4.78 is 0. The predicted molar refractivity (Wildman–Crippen MR) is 84.0 cm³/mol. The van der Waals surface area contributed by atoms with Crippen LogP contribution in [-0.4, -0.2) is 20.1 Å². The number of pyridine rings is 1. The number of halogens is 2. The van der Waals surface area contributed by atoms with Gasteiger partial charge in [-0.3, -0.25) is 4.98 Å². The van der Waals surface area contributed by atoms with Crippen molar-refractivity contribution >= 4 is 47.2 Å². The zero-order valence-electron chi connectivity index (χ0n) is 10.4. The molecule has 5 nitrogen and oxygen atoms in total. The van der Waals surface area contributed by atoms with Gasteiger partial charge in [-0.05, 0) is 30.3 Å². The van der Waals surface area contributed by atoms with E-state index < -0.39 is 0 Å². The van der Waals surface area contributed by atoms with E-state index in [1.165, 1.54) is 0 Å². The van der Waals surface area contributed by atoms with Gasteiger partial charge in [-0.2, -0.15) is 0 Å². The SMILES string of the molecule is Cl.Cl.OCc1nc2cc(Nc3ccncc3)ccc2[nH]1. The molecule has 0 unspecified atom stereocenters. The van der Waals surface area contributed by atoms with Crippen molar-refractivity contribution in [2.75, 3.05) is 5.32 Å². The van der Waals surface area contributed by atoms with Crippen LogP contribution in [0.5, 0.6) is 0 Å². The first-order chi connectivity index (χ1) is 8.85. The van der Waals surface area contributed by atoms with E-state index in [-0.39, 0.29) is 31.4 Å². The van der Waals surface area contributed by atoms with Crippen molar-refractivity contribution < 1.29 is 5.11 Å². The number of hydrogen-bond acceptors (Lipinski definition) is 4. The van der Waals surface area contributed by atoms with E-state index in [1.54, 1.807) is 12.4 Å². The minimum Gasteiger partial charge on any atom is -0.388 e. The molecule has 0 amide bonds. The Kier molecular flexibility index (Phi) is 5.76. The average molecular weight is 313 g/mol. The highest BCUT2D eigenvalue weighted by molar-refractivity contribution is 5.85. The summed E-state index contributed by atoms with van der Waals surface area (Å²) in [5.74, 6) is 0.575. The molecule has 0 atom stereocenters. The minimum absolute atomic E-state index is 0. The second-order valence-electron chi connectivity index (χ2n) is 3.93. The van der Waals surface area contributed by atoms with Gasteiger partial charge in [0.05, 0.1) is 11.0 Å². The maximum Gasteiger partial charge on any atom is 0.133 e. The van der Waals surface area contributed by atoms with Gasteiger partial charge in [-0.25, -0.2) is 4.98 Å². The van der Waals surface area contributed by atoms with Crippen LogP contribution in [0.3, 0.4) is 0 Å². The summed E-state index contributed by atoms with van der Waals surface area (Å²) in [7, 11) is 0. The highest BCUT2D eigenvalue weighted by Gasteiger charge is 2.02. The van der Waals surface area contributed by atoms with Gasteiger partial charge in [0.1, 0.15) is 12.4 Å². The first-order valence-electron chi connectivity index (χ1n) is 5.62. The molecule has 2 heterocycles. The van der Waals surface area contributed by atoms with Crippen LogP contribution < -0.4 is 5.32 Å². The lowest BCUT2D eigenvalue weighted by molar-refractivity contribution is 0.273. The van der Waals surface area contributed by atoms with E-state index >= 15 is 0 Å². The summed E-state index contributed by atoms with van der Waals surface area (Å²) in [5.41, 5.74) is 3.67. The topological polar surface area (TPSA) is 73.8 Å². The van der Waals surface area contributed by atoms with Crippen molar-refractivity contribution in [3.05, 3.63) is 48.5 Å². The number of H-pyrrole nitrogens is 1. The molecule has 0 aliphatic rings. The van der Waals surface area contributed by atoms with Gasteiger partial charge in [-0.1, -0.05) is 0 Å². The molecular formula is C13H14Cl2N4O. The highest BCUT2D eigenvalue weighted by Crippen LogP contribution is 2.20. The molecule has 3 aromatic rings. The van der Waals surface area contributed by atoms with Gasteiger partial charge in [0.15, 0.2) is 0 Å². The fourth-order valence-corrected chi connectivity index (χ4v) is 1.81. The van der Waals surface area contributed by atoms with E-state index in [1.807, 2.05) is 30.3 Å². The number of rotatable bonds is 3. The van der Waals surface area contributed by atoms with E-state index in [9.17, 15) is 0 Å². The van der Waals surface area contributed by atoms with E-state index in [0.29, 0.717) is 5.82 Å². The van der Waals surface area contributed by atoms with Crippen molar-refractivity contribution in [2.24, 2.45) is 0 Å². The molecule has 0 saturated carbocycles. The average Bonchev–Trinajstić information content (AvgIpc) is 2.82. The highest BCUT2D eigenvalue weighted by atomic mass is 35.5. The lowest BCUT2D eigenvalue weighted by atomic mass is 10.2. The van der Waals surface area contributed by atoms with Crippen LogP contribution in [0.1, 0.15) is 5.82 Å². The van der Waals surface area contributed by atoms with E-state index in [4.69, 9.17) is 5.11 Å². The molecule has 0 bridgehead atoms.